The molecule has 7 nitrogen and oxygen atoms in total. The maximum atomic E-state index is 12.0. The molecule has 0 aliphatic heterocycles. The molecule has 0 bridgehead atoms. The van der Waals surface area contributed by atoms with E-state index < -0.39 is 11.6 Å². The summed E-state index contributed by atoms with van der Waals surface area (Å²) < 4.78 is 8.64. The van der Waals surface area contributed by atoms with Gasteiger partial charge in [0.1, 0.15) is 6.61 Å². The van der Waals surface area contributed by atoms with Crippen LogP contribution in [0.1, 0.15) is 25.0 Å². The zero-order valence-corrected chi connectivity index (χ0v) is 20.2. The van der Waals surface area contributed by atoms with Gasteiger partial charge in [0.05, 0.1) is 11.2 Å². The van der Waals surface area contributed by atoms with Gasteiger partial charge < -0.3 is 21.2 Å². The third kappa shape index (κ3) is 7.28. The van der Waals surface area contributed by atoms with E-state index in [-0.39, 0.29) is 6.61 Å². The van der Waals surface area contributed by atoms with Crippen LogP contribution >= 0.6 is 11.9 Å². The predicted molar refractivity (Wildman–Crippen MR) is 138 cm³/mol. The molecular formula is C26H31N5O2S. The number of carbonyl (C=O) groups excluding carboxylic acids is 1. The summed E-state index contributed by atoms with van der Waals surface area (Å²) in [6.45, 7) is 4.62. The summed E-state index contributed by atoms with van der Waals surface area (Å²) in [5.41, 5.74) is 12.6. The standard InChI is InChI=1S/C26H31N5O2S/c1-26(2,24(16-27)30-28)31-34-23-13-11-21(12-14-23)22-10-6-9-20(15-22)17-29-25(32)33-18-19-7-4-3-5-8-19/h3-16,30-31H,17-18,27-28H2,1-2H3,(H,29,32)/b24-16-. The topological polar surface area (TPSA) is 114 Å². The average molecular weight is 478 g/mol. The van der Waals surface area contributed by atoms with Crippen molar-refractivity contribution in [1.29, 1.82) is 0 Å². The molecule has 178 valence electrons. The van der Waals surface area contributed by atoms with Crippen LogP contribution in [-0.2, 0) is 17.9 Å². The maximum absolute atomic E-state index is 12.0. The molecule has 0 radical (unpaired) electrons. The molecule has 34 heavy (non-hydrogen) atoms. The van der Waals surface area contributed by atoms with Crippen molar-refractivity contribution in [3.8, 4) is 11.1 Å². The lowest BCUT2D eigenvalue weighted by Gasteiger charge is -2.28. The fourth-order valence-corrected chi connectivity index (χ4v) is 3.96. The summed E-state index contributed by atoms with van der Waals surface area (Å²) in [6.07, 6.45) is 1.02. The molecule has 0 fully saturated rings. The zero-order chi connectivity index (χ0) is 24.4. The molecule has 0 aliphatic rings. The number of carbonyl (C=O) groups is 1. The first kappa shape index (κ1) is 25.2. The third-order valence-corrected chi connectivity index (χ3v) is 6.30. The monoisotopic (exact) mass is 477 g/mol. The van der Waals surface area contributed by atoms with Gasteiger partial charge in [0, 0.05) is 17.6 Å². The normalized spacial score (nSPS) is 11.7. The highest BCUT2D eigenvalue weighted by Crippen LogP contribution is 2.26. The first-order valence-corrected chi connectivity index (χ1v) is 11.7. The molecular weight excluding hydrogens is 446 g/mol. The third-order valence-electron chi connectivity index (χ3n) is 5.18. The van der Waals surface area contributed by atoms with E-state index in [0.717, 1.165) is 27.1 Å². The Bertz CT molecular complexity index is 1100. The molecule has 0 saturated heterocycles. The van der Waals surface area contributed by atoms with Crippen molar-refractivity contribution >= 4 is 18.0 Å². The van der Waals surface area contributed by atoms with E-state index in [2.05, 4.69) is 45.8 Å². The van der Waals surface area contributed by atoms with Gasteiger partial charge in [0.15, 0.2) is 0 Å². The van der Waals surface area contributed by atoms with Crippen molar-refractivity contribution in [3.63, 3.8) is 0 Å². The van der Waals surface area contributed by atoms with Gasteiger partial charge in [0.2, 0.25) is 0 Å². The molecule has 3 aromatic rings. The molecule has 0 unspecified atom stereocenters. The Morgan fingerprint density at radius 3 is 2.35 bits per heavy atom. The number of hydrazine groups is 1. The van der Waals surface area contributed by atoms with Gasteiger partial charge in [-0.15, -0.1) is 0 Å². The van der Waals surface area contributed by atoms with Crippen LogP contribution in [0.2, 0.25) is 0 Å². The van der Waals surface area contributed by atoms with Crippen molar-refractivity contribution in [2.45, 2.75) is 37.4 Å². The number of alkyl carbamates (subject to hydrolysis) is 1. The first-order chi connectivity index (χ1) is 16.4. The lowest BCUT2D eigenvalue weighted by Crippen LogP contribution is -2.44. The van der Waals surface area contributed by atoms with Crippen molar-refractivity contribution in [3.05, 3.63) is 102 Å². The smallest absolute Gasteiger partial charge is 0.407 e. The highest BCUT2D eigenvalue weighted by Gasteiger charge is 2.22. The van der Waals surface area contributed by atoms with Crippen LogP contribution in [-0.4, -0.2) is 11.6 Å². The number of hydrogen-bond acceptors (Lipinski definition) is 7. The van der Waals surface area contributed by atoms with Crippen molar-refractivity contribution < 1.29 is 9.53 Å². The fraction of sp³-hybridized carbons (Fsp3) is 0.192. The summed E-state index contributed by atoms with van der Waals surface area (Å²) in [5, 5.41) is 2.81. The average Bonchev–Trinajstić information content (AvgIpc) is 2.87. The second-order valence-electron chi connectivity index (χ2n) is 8.19. The molecule has 0 saturated carbocycles. The number of nitrogens with two attached hydrogens (primary N) is 2. The molecule has 3 rings (SSSR count). The number of hydrogen-bond donors (Lipinski definition) is 5. The van der Waals surface area contributed by atoms with E-state index in [0.29, 0.717) is 12.2 Å². The van der Waals surface area contributed by atoms with E-state index in [1.165, 1.54) is 18.1 Å². The second kappa shape index (κ2) is 12.1. The predicted octanol–water partition coefficient (Wildman–Crippen LogP) is 4.42. The molecule has 1 amide bonds. The summed E-state index contributed by atoms with van der Waals surface area (Å²) in [4.78, 5) is 13.1. The van der Waals surface area contributed by atoms with Crippen LogP contribution in [0, 0.1) is 0 Å². The van der Waals surface area contributed by atoms with E-state index in [4.69, 9.17) is 16.3 Å². The first-order valence-electron chi connectivity index (χ1n) is 10.9. The number of rotatable bonds is 10. The Hall–Kier alpha value is -3.46. The minimum absolute atomic E-state index is 0.246. The SMILES string of the molecule is CC(C)(NSc1ccc(-c2cccc(CNC(=O)OCc3ccccc3)c2)cc1)/C(=C/N)NN. The molecule has 0 aliphatic carbocycles. The van der Waals surface area contributed by atoms with E-state index >= 15 is 0 Å². The van der Waals surface area contributed by atoms with Gasteiger partial charge in [-0.05, 0) is 66.2 Å². The van der Waals surface area contributed by atoms with E-state index in [1.807, 2.05) is 62.4 Å². The van der Waals surface area contributed by atoms with Crippen LogP contribution in [0.15, 0.2) is 95.7 Å². The summed E-state index contributed by atoms with van der Waals surface area (Å²) in [5.74, 6) is 5.53. The van der Waals surface area contributed by atoms with Crippen molar-refractivity contribution in [2.24, 2.45) is 11.6 Å². The fourth-order valence-electron chi connectivity index (χ4n) is 3.20. The molecule has 7 N–H and O–H groups in total. The van der Waals surface area contributed by atoms with Crippen LogP contribution in [0.4, 0.5) is 4.79 Å². The number of amides is 1. The maximum Gasteiger partial charge on any atom is 0.407 e. The highest BCUT2D eigenvalue weighted by atomic mass is 32.2. The van der Waals surface area contributed by atoms with Crippen molar-refractivity contribution in [2.75, 3.05) is 0 Å². The summed E-state index contributed by atoms with van der Waals surface area (Å²) in [7, 11) is 0. The van der Waals surface area contributed by atoms with Crippen molar-refractivity contribution in [1.82, 2.24) is 15.5 Å². The lowest BCUT2D eigenvalue weighted by molar-refractivity contribution is 0.139. The Labute approximate surface area is 205 Å². The summed E-state index contributed by atoms with van der Waals surface area (Å²) in [6, 6.07) is 25.9. The highest BCUT2D eigenvalue weighted by molar-refractivity contribution is 7.97. The lowest BCUT2D eigenvalue weighted by atomic mass is 10.0. The van der Waals surface area contributed by atoms with Crippen LogP contribution < -0.4 is 27.0 Å². The summed E-state index contributed by atoms with van der Waals surface area (Å²) >= 11 is 1.50. The minimum atomic E-state index is -0.441. The Kier molecular flexibility index (Phi) is 8.98. The van der Waals surface area contributed by atoms with Gasteiger partial charge in [0.25, 0.3) is 0 Å². The molecule has 8 heteroatoms. The quantitative estimate of drug-likeness (QED) is 0.167. The zero-order valence-electron chi connectivity index (χ0n) is 19.4. The van der Waals surface area contributed by atoms with Gasteiger partial charge in [-0.25, -0.2) is 9.52 Å². The number of benzene rings is 3. The minimum Gasteiger partial charge on any atom is -0.445 e. The Morgan fingerprint density at radius 2 is 1.68 bits per heavy atom. The largest absolute Gasteiger partial charge is 0.445 e. The Balaban J connectivity index is 1.54. The Morgan fingerprint density at radius 1 is 0.971 bits per heavy atom. The van der Waals surface area contributed by atoms with Crippen LogP contribution in [0.25, 0.3) is 11.1 Å². The van der Waals surface area contributed by atoms with Gasteiger partial charge in [-0.1, -0.05) is 60.7 Å². The molecule has 3 aromatic carbocycles. The van der Waals surface area contributed by atoms with Gasteiger partial charge in [-0.2, -0.15) is 0 Å². The van der Waals surface area contributed by atoms with Gasteiger partial charge in [-0.3, -0.25) is 5.84 Å². The molecule has 0 heterocycles. The van der Waals surface area contributed by atoms with Crippen LogP contribution in [0.5, 0.6) is 0 Å². The van der Waals surface area contributed by atoms with Crippen LogP contribution in [0.3, 0.4) is 0 Å². The molecule has 0 spiro atoms. The van der Waals surface area contributed by atoms with E-state index in [1.54, 1.807) is 0 Å². The molecule has 0 atom stereocenters. The molecule has 0 aromatic heterocycles. The number of nitrogens with one attached hydrogen (secondary N) is 3. The second-order valence-corrected chi connectivity index (χ2v) is 9.07. The number of ether oxygens (including phenoxy) is 1. The van der Waals surface area contributed by atoms with Gasteiger partial charge >= 0.3 is 6.09 Å². The van der Waals surface area contributed by atoms with E-state index in [9.17, 15) is 4.79 Å².